The van der Waals surface area contributed by atoms with Crippen LogP contribution in [-0.2, 0) is 5.41 Å². The Bertz CT molecular complexity index is 3820. The molecule has 2 aliphatic rings. The lowest BCUT2D eigenvalue weighted by atomic mass is 9.70. The third kappa shape index (κ3) is 3.77. The van der Waals surface area contributed by atoms with Gasteiger partial charge < -0.3 is 4.42 Å². The minimum atomic E-state index is -0.498. The van der Waals surface area contributed by atoms with E-state index in [4.69, 9.17) is 4.42 Å². The number of hydrogen-bond acceptors (Lipinski definition) is 2. The predicted octanol–water partition coefficient (Wildman–Crippen LogP) is 13.8. The van der Waals surface area contributed by atoms with Crippen LogP contribution in [0.4, 0.5) is 0 Å². The Morgan fingerprint density at radius 1 is 0.373 bits per heavy atom. The van der Waals surface area contributed by atoms with Gasteiger partial charge in [0.25, 0.3) is 5.56 Å². The first-order chi connectivity index (χ1) is 29.2. The Morgan fingerprint density at radius 2 is 0.932 bits per heavy atom. The fraction of sp³-hybridized carbons (Fsp3) is 0.0179. The number of benzene rings is 9. The molecule has 0 unspecified atom stereocenters. The van der Waals surface area contributed by atoms with E-state index in [1.165, 1.54) is 38.9 Å². The summed E-state index contributed by atoms with van der Waals surface area (Å²) in [5.41, 5.74) is 17.6. The fourth-order valence-electron chi connectivity index (χ4n) is 11.2. The van der Waals surface area contributed by atoms with E-state index in [0.29, 0.717) is 0 Å². The third-order valence-corrected chi connectivity index (χ3v) is 13.6. The summed E-state index contributed by atoms with van der Waals surface area (Å²) in [6.07, 6.45) is 0. The molecule has 0 bridgehead atoms. The monoisotopic (exact) mass is 749 g/mol. The van der Waals surface area contributed by atoms with E-state index >= 15 is 4.79 Å². The van der Waals surface area contributed by atoms with E-state index in [2.05, 4.69) is 158 Å². The van der Waals surface area contributed by atoms with Crippen molar-refractivity contribution in [3.8, 4) is 44.5 Å². The second kappa shape index (κ2) is 11.0. The van der Waals surface area contributed by atoms with E-state index < -0.39 is 5.41 Å². The molecule has 0 amide bonds. The molecule has 12 aromatic rings. The standard InChI is InChI=1S/C56H31NO2/c58-55-42-16-2-1-12-36(42)44-30-34(32-24-26-33(27-25-32)35-18-11-19-41-39-15-6-10-23-50(39)59-54(35)41)31-45-40-28-29-49-51(53(40)57(55)52(44)45)43-17-5-9-22-48(43)56(49)46-20-7-3-13-37(46)38-14-4-8-21-47(38)56/h1-31H. The number of pyridine rings is 1. The maximum Gasteiger partial charge on any atom is 0.263 e. The van der Waals surface area contributed by atoms with Gasteiger partial charge in [-0.05, 0) is 85.3 Å². The molecule has 0 fully saturated rings. The highest BCUT2D eigenvalue weighted by molar-refractivity contribution is 6.24. The first-order valence-corrected chi connectivity index (χ1v) is 20.3. The first kappa shape index (κ1) is 31.3. The maximum absolute atomic E-state index is 15.0. The molecule has 3 aromatic heterocycles. The minimum Gasteiger partial charge on any atom is -0.455 e. The maximum atomic E-state index is 15.0. The summed E-state index contributed by atoms with van der Waals surface area (Å²) in [6, 6.07) is 67.5. The molecule has 3 nitrogen and oxygen atoms in total. The summed E-state index contributed by atoms with van der Waals surface area (Å²) < 4.78 is 8.46. The molecular formula is C56H31NO2. The Balaban J connectivity index is 1.05. The van der Waals surface area contributed by atoms with E-state index in [1.54, 1.807) is 0 Å². The molecule has 0 atom stereocenters. The van der Waals surface area contributed by atoms with Crippen LogP contribution in [0.25, 0.3) is 104 Å². The summed E-state index contributed by atoms with van der Waals surface area (Å²) >= 11 is 0. The van der Waals surface area contributed by atoms with E-state index in [0.717, 1.165) is 87.7 Å². The van der Waals surface area contributed by atoms with Gasteiger partial charge >= 0.3 is 0 Å². The zero-order chi connectivity index (χ0) is 38.6. The Kier molecular flexibility index (Phi) is 5.85. The highest BCUT2D eigenvalue weighted by Gasteiger charge is 2.52. The van der Waals surface area contributed by atoms with Crippen LogP contribution in [0.2, 0.25) is 0 Å². The van der Waals surface area contributed by atoms with Gasteiger partial charge in [-0.25, -0.2) is 0 Å². The molecule has 0 saturated carbocycles. The van der Waals surface area contributed by atoms with Crippen molar-refractivity contribution in [3.05, 3.63) is 221 Å². The van der Waals surface area contributed by atoms with Crippen molar-refractivity contribution in [1.82, 2.24) is 4.40 Å². The summed E-state index contributed by atoms with van der Waals surface area (Å²) in [6.45, 7) is 0. The molecule has 0 N–H and O–H groups in total. The second-order valence-corrected chi connectivity index (χ2v) is 16.2. The van der Waals surface area contributed by atoms with Gasteiger partial charge in [0.1, 0.15) is 11.2 Å². The number of hydrogen-bond donors (Lipinski definition) is 0. The summed E-state index contributed by atoms with van der Waals surface area (Å²) in [7, 11) is 0. The molecule has 9 aromatic carbocycles. The zero-order valence-electron chi connectivity index (χ0n) is 31.7. The first-order valence-electron chi connectivity index (χ1n) is 20.3. The van der Waals surface area contributed by atoms with Gasteiger partial charge in [0.05, 0.1) is 16.4 Å². The number of rotatable bonds is 2. The van der Waals surface area contributed by atoms with Crippen LogP contribution in [-0.4, -0.2) is 4.40 Å². The lowest BCUT2D eigenvalue weighted by molar-refractivity contribution is 0.670. The molecular weight excluding hydrogens is 719 g/mol. The van der Waals surface area contributed by atoms with E-state index in [1.807, 2.05) is 34.7 Å². The van der Waals surface area contributed by atoms with Gasteiger partial charge in [0.2, 0.25) is 0 Å². The van der Waals surface area contributed by atoms with Crippen molar-refractivity contribution in [2.45, 2.75) is 5.41 Å². The SMILES string of the molecule is O=c1c2ccccc2c2cc(-c3ccc(-c4cccc5c4oc4ccccc45)cc3)cc3c4ccc5c(c4n1c23)-c1ccccc1C51c2ccccc2-c2ccccc21. The van der Waals surface area contributed by atoms with E-state index in [9.17, 15) is 0 Å². The van der Waals surface area contributed by atoms with Crippen LogP contribution in [0.1, 0.15) is 22.3 Å². The average Bonchev–Trinajstić information content (AvgIpc) is 4.02. The molecule has 3 heterocycles. The normalized spacial score (nSPS) is 13.6. The summed E-state index contributed by atoms with van der Waals surface area (Å²) in [5.74, 6) is 0. The molecule has 59 heavy (non-hydrogen) atoms. The largest absolute Gasteiger partial charge is 0.455 e. The third-order valence-electron chi connectivity index (χ3n) is 13.6. The Hall–Kier alpha value is -7.75. The van der Waals surface area contributed by atoms with Crippen LogP contribution >= 0.6 is 0 Å². The molecule has 0 radical (unpaired) electrons. The average molecular weight is 750 g/mol. The van der Waals surface area contributed by atoms with Crippen molar-refractivity contribution in [2.24, 2.45) is 0 Å². The smallest absolute Gasteiger partial charge is 0.263 e. The Labute approximate surface area is 338 Å². The molecule has 3 heteroatoms. The van der Waals surface area contributed by atoms with Gasteiger partial charge in [-0.1, -0.05) is 164 Å². The molecule has 272 valence electrons. The van der Waals surface area contributed by atoms with Crippen LogP contribution < -0.4 is 5.56 Å². The number of nitrogens with zero attached hydrogens (tertiary/aromatic N) is 1. The lowest BCUT2D eigenvalue weighted by Crippen LogP contribution is -2.25. The van der Waals surface area contributed by atoms with Crippen LogP contribution in [0.15, 0.2) is 197 Å². The topological polar surface area (TPSA) is 34.6 Å². The molecule has 1 spiro atoms. The van der Waals surface area contributed by atoms with Gasteiger partial charge in [-0.2, -0.15) is 0 Å². The summed E-state index contributed by atoms with van der Waals surface area (Å²) in [4.78, 5) is 15.0. The number of aromatic nitrogens is 1. The number of para-hydroxylation sites is 2. The van der Waals surface area contributed by atoms with Crippen molar-refractivity contribution in [3.63, 3.8) is 0 Å². The zero-order valence-corrected chi connectivity index (χ0v) is 31.7. The van der Waals surface area contributed by atoms with Crippen molar-refractivity contribution in [2.75, 3.05) is 0 Å². The fourth-order valence-corrected chi connectivity index (χ4v) is 11.2. The number of fused-ring (bicyclic) bond motifs is 19. The van der Waals surface area contributed by atoms with Gasteiger partial charge in [0, 0.05) is 43.4 Å². The van der Waals surface area contributed by atoms with E-state index in [-0.39, 0.29) is 5.56 Å². The molecule has 2 aliphatic carbocycles. The predicted molar refractivity (Wildman–Crippen MR) is 242 cm³/mol. The van der Waals surface area contributed by atoms with Crippen molar-refractivity contribution < 1.29 is 4.42 Å². The second-order valence-electron chi connectivity index (χ2n) is 16.2. The van der Waals surface area contributed by atoms with Gasteiger partial charge in [-0.3, -0.25) is 9.20 Å². The Morgan fingerprint density at radius 3 is 1.68 bits per heavy atom. The highest BCUT2D eigenvalue weighted by Crippen LogP contribution is 2.64. The van der Waals surface area contributed by atoms with Crippen LogP contribution in [0, 0.1) is 0 Å². The quantitative estimate of drug-likeness (QED) is 0.165. The summed E-state index contributed by atoms with van der Waals surface area (Å²) in [5, 5.41) is 7.19. The van der Waals surface area contributed by atoms with Crippen LogP contribution in [0.5, 0.6) is 0 Å². The van der Waals surface area contributed by atoms with Crippen molar-refractivity contribution >= 4 is 59.9 Å². The molecule has 0 saturated heterocycles. The van der Waals surface area contributed by atoms with Crippen LogP contribution in [0.3, 0.4) is 0 Å². The van der Waals surface area contributed by atoms with Gasteiger partial charge in [0.15, 0.2) is 0 Å². The molecule has 14 rings (SSSR count). The highest BCUT2D eigenvalue weighted by atomic mass is 16.3. The van der Waals surface area contributed by atoms with Gasteiger partial charge in [-0.15, -0.1) is 0 Å². The lowest BCUT2D eigenvalue weighted by Gasteiger charge is -2.30. The molecule has 0 aliphatic heterocycles. The minimum absolute atomic E-state index is 0.0176. The number of furan rings is 1. The van der Waals surface area contributed by atoms with Crippen molar-refractivity contribution in [1.29, 1.82) is 0 Å².